The van der Waals surface area contributed by atoms with Crippen molar-refractivity contribution >= 4 is 21.8 Å². The highest BCUT2D eigenvalue weighted by Gasteiger charge is 2.24. The summed E-state index contributed by atoms with van der Waals surface area (Å²) in [7, 11) is 0. The van der Waals surface area contributed by atoms with Gasteiger partial charge in [-0.05, 0) is 43.4 Å². The number of carbonyl (C=O) groups excluding carboxylic acids is 1. The Morgan fingerprint density at radius 2 is 2.05 bits per heavy atom. The molecule has 19 heavy (non-hydrogen) atoms. The Balaban J connectivity index is 1.82. The maximum Gasteiger partial charge on any atom is 0.220 e. The Morgan fingerprint density at radius 1 is 1.37 bits per heavy atom. The van der Waals surface area contributed by atoms with Crippen LogP contribution in [-0.4, -0.2) is 11.9 Å². The van der Waals surface area contributed by atoms with Gasteiger partial charge in [-0.1, -0.05) is 22.0 Å². The number of rotatable bonds is 4. The van der Waals surface area contributed by atoms with E-state index in [1.807, 2.05) is 0 Å². The second kappa shape index (κ2) is 6.48. The highest BCUT2D eigenvalue weighted by atomic mass is 79.9. The summed E-state index contributed by atoms with van der Waals surface area (Å²) in [5, 5.41) is 3.45. The zero-order chi connectivity index (χ0) is 13.8. The monoisotopic (exact) mass is 328 g/mol. The predicted octanol–water partition coefficient (Wildman–Crippen LogP) is 2.72. The van der Waals surface area contributed by atoms with Crippen molar-refractivity contribution in [1.82, 2.24) is 5.32 Å². The summed E-state index contributed by atoms with van der Waals surface area (Å²) in [5.41, 5.74) is 6.35. The summed E-state index contributed by atoms with van der Waals surface area (Å²) in [6.07, 6.45) is 3.65. The molecule has 1 aliphatic rings. The van der Waals surface area contributed by atoms with Gasteiger partial charge in [-0.3, -0.25) is 4.79 Å². The van der Waals surface area contributed by atoms with E-state index in [0.29, 0.717) is 12.6 Å². The van der Waals surface area contributed by atoms with Gasteiger partial charge in [0.25, 0.3) is 0 Å². The number of primary amides is 1. The number of hydrogen-bond acceptors (Lipinski definition) is 2. The van der Waals surface area contributed by atoms with Crippen LogP contribution in [-0.2, 0) is 11.3 Å². The smallest absolute Gasteiger partial charge is 0.220 e. The van der Waals surface area contributed by atoms with Gasteiger partial charge in [-0.25, -0.2) is 4.39 Å². The summed E-state index contributed by atoms with van der Waals surface area (Å²) < 4.78 is 13.8. The first-order valence-electron chi connectivity index (χ1n) is 6.53. The fourth-order valence-electron chi connectivity index (χ4n) is 2.50. The lowest BCUT2D eigenvalue weighted by Crippen LogP contribution is -2.36. The molecule has 104 valence electrons. The molecule has 0 spiro atoms. The largest absolute Gasteiger partial charge is 0.369 e. The van der Waals surface area contributed by atoms with E-state index < -0.39 is 0 Å². The predicted molar refractivity (Wildman–Crippen MR) is 75.9 cm³/mol. The highest BCUT2D eigenvalue weighted by Crippen LogP contribution is 2.25. The van der Waals surface area contributed by atoms with Gasteiger partial charge in [0.15, 0.2) is 0 Å². The lowest BCUT2D eigenvalue weighted by Gasteiger charge is -2.27. The molecule has 5 heteroatoms. The Labute approximate surface area is 120 Å². The van der Waals surface area contributed by atoms with Crippen LogP contribution in [0.3, 0.4) is 0 Å². The minimum absolute atomic E-state index is 0.0376. The second-order valence-electron chi connectivity index (χ2n) is 5.07. The summed E-state index contributed by atoms with van der Waals surface area (Å²) in [4.78, 5) is 11.1. The molecule has 0 bridgehead atoms. The zero-order valence-corrected chi connectivity index (χ0v) is 12.2. The Kier molecular flexibility index (Phi) is 4.93. The van der Waals surface area contributed by atoms with Gasteiger partial charge in [0.1, 0.15) is 5.82 Å². The summed E-state index contributed by atoms with van der Waals surface area (Å²) >= 11 is 3.36. The second-order valence-corrected chi connectivity index (χ2v) is 5.92. The first kappa shape index (κ1) is 14.5. The van der Waals surface area contributed by atoms with E-state index in [1.165, 1.54) is 12.1 Å². The van der Waals surface area contributed by atoms with Gasteiger partial charge in [-0.15, -0.1) is 0 Å². The molecule has 3 nitrogen and oxygen atoms in total. The fourth-order valence-corrected chi connectivity index (χ4v) is 2.99. The molecule has 0 aromatic heterocycles. The molecule has 1 aromatic rings. The number of hydrogen-bond donors (Lipinski definition) is 2. The molecule has 0 radical (unpaired) electrons. The number of nitrogens with two attached hydrogens (primary N) is 1. The molecule has 0 unspecified atom stereocenters. The summed E-state index contributed by atoms with van der Waals surface area (Å²) in [6.45, 7) is 0.701. The van der Waals surface area contributed by atoms with Crippen molar-refractivity contribution in [2.45, 2.75) is 38.3 Å². The average molecular weight is 329 g/mol. The molecule has 1 saturated carbocycles. The maximum atomic E-state index is 13.0. The molecule has 1 fully saturated rings. The molecule has 0 aliphatic heterocycles. The molecule has 0 heterocycles. The molecule has 1 aromatic carbocycles. The van der Waals surface area contributed by atoms with E-state index in [0.717, 1.165) is 35.7 Å². The lowest BCUT2D eigenvalue weighted by molar-refractivity contribution is -0.122. The number of carbonyl (C=O) groups is 1. The van der Waals surface area contributed by atoms with Gasteiger partial charge in [0.05, 0.1) is 0 Å². The standard InChI is InChI=1S/C14H18BrFN2O/c15-13-7-11(16)4-1-10(13)8-18-12-5-2-9(3-6-12)14(17)19/h1,4,7,9,12,18H,2-3,5-6,8H2,(H2,17,19). The van der Waals surface area contributed by atoms with Crippen LogP contribution in [0.5, 0.6) is 0 Å². The molecular formula is C14H18BrFN2O. The Morgan fingerprint density at radius 3 is 2.63 bits per heavy atom. The van der Waals surface area contributed by atoms with Crippen LogP contribution in [0.4, 0.5) is 4.39 Å². The molecule has 1 amide bonds. The summed E-state index contributed by atoms with van der Waals surface area (Å²) in [6, 6.07) is 5.13. The average Bonchev–Trinajstić information content (AvgIpc) is 2.38. The topological polar surface area (TPSA) is 55.1 Å². The zero-order valence-electron chi connectivity index (χ0n) is 10.7. The molecule has 0 saturated heterocycles. The minimum atomic E-state index is -0.238. The summed E-state index contributed by atoms with van der Waals surface area (Å²) in [5.74, 6) is -0.382. The Bertz CT molecular complexity index is 459. The molecular weight excluding hydrogens is 311 g/mol. The van der Waals surface area contributed by atoms with Gasteiger partial charge in [-0.2, -0.15) is 0 Å². The van der Waals surface area contributed by atoms with Gasteiger partial charge < -0.3 is 11.1 Å². The van der Waals surface area contributed by atoms with Crippen LogP contribution in [0, 0.1) is 11.7 Å². The van der Waals surface area contributed by atoms with Crippen LogP contribution < -0.4 is 11.1 Å². The van der Waals surface area contributed by atoms with E-state index >= 15 is 0 Å². The normalized spacial score (nSPS) is 23.3. The van der Waals surface area contributed by atoms with Crippen molar-refractivity contribution in [3.05, 3.63) is 34.1 Å². The van der Waals surface area contributed by atoms with Crippen LogP contribution in [0.2, 0.25) is 0 Å². The SMILES string of the molecule is NC(=O)C1CCC(NCc2ccc(F)cc2Br)CC1. The van der Waals surface area contributed by atoms with Crippen molar-refractivity contribution < 1.29 is 9.18 Å². The third-order valence-electron chi connectivity index (χ3n) is 3.73. The van der Waals surface area contributed by atoms with E-state index in [4.69, 9.17) is 5.73 Å². The van der Waals surface area contributed by atoms with Crippen LogP contribution in [0.15, 0.2) is 22.7 Å². The van der Waals surface area contributed by atoms with Crippen LogP contribution in [0.1, 0.15) is 31.2 Å². The van der Waals surface area contributed by atoms with Crippen molar-refractivity contribution in [2.75, 3.05) is 0 Å². The molecule has 3 N–H and O–H groups in total. The third-order valence-corrected chi connectivity index (χ3v) is 4.46. The number of nitrogens with one attached hydrogen (secondary N) is 1. The van der Waals surface area contributed by atoms with E-state index in [2.05, 4.69) is 21.2 Å². The van der Waals surface area contributed by atoms with Crippen molar-refractivity contribution in [2.24, 2.45) is 11.7 Å². The molecule has 0 atom stereocenters. The van der Waals surface area contributed by atoms with Gasteiger partial charge in [0.2, 0.25) is 5.91 Å². The van der Waals surface area contributed by atoms with E-state index in [-0.39, 0.29) is 17.6 Å². The number of amides is 1. The quantitative estimate of drug-likeness (QED) is 0.892. The van der Waals surface area contributed by atoms with E-state index in [1.54, 1.807) is 6.07 Å². The van der Waals surface area contributed by atoms with E-state index in [9.17, 15) is 9.18 Å². The highest BCUT2D eigenvalue weighted by molar-refractivity contribution is 9.10. The fraction of sp³-hybridized carbons (Fsp3) is 0.500. The third kappa shape index (κ3) is 4.01. The Hall–Kier alpha value is -0.940. The first-order valence-corrected chi connectivity index (χ1v) is 7.32. The minimum Gasteiger partial charge on any atom is -0.369 e. The lowest BCUT2D eigenvalue weighted by atomic mass is 9.85. The van der Waals surface area contributed by atoms with Gasteiger partial charge >= 0.3 is 0 Å². The first-order chi connectivity index (χ1) is 9.06. The number of benzene rings is 1. The van der Waals surface area contributed by atoms with Crippen molar-refractivity contribution in [3.8, 4) is 0 Å². The molecule has 2 rings (SSSR count). The van der Waals surface area contributed by atoms with Crippen LogP contribution >= 0.6 is 15.9 Å². The van der Waals surface area contributed by atoms with Crippen LogP contribution in [0.25, 0.3) is 0 Å². The molecule has 1 aliphatic carbocycles. The number of halogens is 2. The maximum absolute atomic E-state index is 13.0. The van der Waals surface area contributed by atoms with Crippen molar-refractivity contribution in [3.63, 3.8) is 0 Å². The van der Waals surface area contributed by atoms with Crippen molar-refractivity contribution in [1.29, 1.82) is 0 Å². The van der Waals surface area contributed by atoms with Gasteiger partial charge in [0, 0.05) is 23.0 Å².